The summed E-state index contributed by atoms with van der Waals surface area (Å²) in [6, 6.07) is 33.8. The maximum atomic E-state index is 11.9. The van der Waals surface area contributed by atoms with E-state index in [1.807, 2.05) is 108 Å². The van der Waals surface area contributed by atoms with Crippen LogP contribution in [-0.4, -0.2) is 44.9 Å². The third kappa shape index (κ3) is 7.15. The van der Waals surface area contributed by atoms with E-state index in [1.54, 1.807) is 29.3 Å². The van der Waals surface area contributed by atoms with E-state index >= 15 is 0 Å². The number of anilines is 2. The highest BCUT2D eigenvalue weighted by Gasteiger charge is 2.15. The second-order valence-electron chi connectivity index (χ2n) is 11.2. The van der Waals surface area contributed by atoms with Gasteiger partial charge in [0.1, 0.15) is 11.6 Å². The lowest BCUT2D eigenvalue weighted by molar-refractivity contribution is 0.101. The standard InChI is InChI=1S/C20H17N5O.C18H15N5/c1-14(26)17-13-23-25-19(22-12-15-6-5-9-21-11-15)10-18(24-20(17)25)16-7-3-2-4-8-16;1-2-6-15(7-3-1)16-11-18(23-17(22-16)8-10-21-23)20-13-14-5-4-9-19-12-14/h2-11,13,22H,12H2,1H3;1-12,20H,13H2. The maximum Gasteiger partial charge on any atom is 0.168 e. The Morgan fingerprint density at radius 1 is 0.612 bits per heavy atom. The van der Waals surface area contributed by atoms with Crippen molar-refractivity contribution in [1.82, 2.24) is 39.2 Å². The van der Waals surface area contributed by atoms with Gasteiger partial charge in [0.05, 0.1) is 29.3 Å². The molecule has 0 aliphatic carbocycles. The number of hydrogen-bond donors (Lipinski definition) is 2. The van der Waals surface area contributed by atoms with Crippen LogP contribution in [0.1, 0.15) is 28.4 Å². The van der Waals surface area contributed by atoms with Crippen LogP contribution in [-0.2, 0) is 13.1 Å². The van der Waals surface area contributed by atoms with E-state index in [1.165, 1.54) is 6.92 Å². The highest BCUT2D eigenvalue weighted by molar-refractivity contribution is 6.00. The molecule has 8 rings (SSSR count). The number of pyridine rings is 2. The van der Waals surface area contributed by atoms with Gasteiger partial charge >= 0.3 is 0 Å². The number of hydrogen-bond acceptors (Lipinski definition) is 9. The van der Waals surface area contributed by atoms with Gasteiger partial charge in [-0.3, -0.25) is 14.8 Å². The molecule has 0 aliphatic rings. The van der Waals surface area contributed by atoms with Gasteiger partial charge < -0.3 is 10.6 Å². The molecule has 0 spiro atoms. The number of benzene rings is 2. The number of nitrogens with one attached hydrogen (secondary N) is 2. The second kappa shape index (κ2) is 14.3. The summed E-state index contributed by atoms with van der Waals surface area (Å²) < 4.78 is 3.47. The molecule has 8 aromatic rings. The van der Waals surface area contributed by atoms with Gasteiger partial charge in [-0.15, -0.1) is 0 Å². The molecule has 11 nitrogen and oxygen atoms in total. The molecule has 6 aromatic heterocycles. The van der Waals surface area contributed by atoms with E-state index in [-0.39, 0.29) is 5.78 Å². The Kier molecular flexibility index (Phi) is 9.04. The van der Waals surface area contributed by atoms with Gasteiger partial charge in [0, 0.05) is 67.2 Å². The first kappa shape index (κ1) is 30.9. The molecule has 0 saturated heterocycles. The van der Waals surface area contributed by atoms with Crippen LogP contribution in [0.4, 0.5) is 11.6 Å². The number of nitrogens with zero attached hydrogens (tertiary/aromatic N) is 8. The molecule has 240 valence electrons. The summed E-state index contributed by atoms with van der Waals surface area (Å²) in [5.41, 5.74) is 7.82. The van der Waals surface area contributed by atoms with Crippen molar-refractivity contribution < 1.29 is 4.79 Å². The van der Waals surface area contributed by atoms with Crippen LogP contribution >= 0.6 is 0 Å². The Morgan fingerprint density at radius 3 is 1.73 bits per heavy atom. The fraction of sp³-hybridized carbons (Fsp3) is 0.0789. The molecule has 0 amide bonds. The minimum Gasteiger partial charge on any atom is -0.366 e. The van der Waals surface area contributed by atoms with Crippen molar-refractivity contribution in [2.24, 2.45) is 0 Å². The highest BCUT2D eigenvalue weighted by atomic mass is 16.1. The zero-order chi connectivity index (χ0) is 33.4. The normalized spacial score (nSPS) is 10.8. The van der Waals surface area contributed by atoms with Gasteiger partial charge in [-0.2, -0.15) is 19.2 Å². The topological polar surface area (TPSA) is 127 Å². The van der Waals surface area contributed by atoms with Crippen LogP contribution in [0.3, 0.4) is 0 Å². The number of carbonyl (C=O) groups excluding carboxylic acids is 1. The Balaban J connectivity index is 0.000000155. The van der Waals surface area contributed by atoms with Crippen LogP contribution in [0.15, 0.2) is 140 Å². The smallest absolute Gasteiger partial charge is 0.168 e. The van der Waals surface area contributed by atoms with Crippen molar-refractivity contribution in [3.63, 3.8) is 0 Å². The summed E-state index contributed by atoms with van der Waals surface area (Å²) in [6.07, 6.45) is 10.5. The number of aromatic nitrogens is 8. The first-order valence-electron chi connectivity index (χ1n) is 15.7. The van der Waals surface area contributed by atoms with Crippen molar-refractivity contribution in [2.45, 2.75) is 20.0 Å². The molecule has 0 aliphatic heterocycles. The highest BCUT2D eigenvalue weighted by Crippen LogP contribution is 2.25. The second-order valence-corrected chi connectivity index (χ2v) is 11.2. The zero-order valence-corrected chi connectivity index (χ0v) is 26.7. The van der Waals surface area contributed by atoms with E-state index < -0.39 is 0 Å². The Labute approximate surface area is 282 Å². The number of ketones is 1. The molecule has 2 aromatic carbocycles. The van der Waals surface area contributed by atoms with E-state index in [0.29, 0.717) is 24.3 Å². The summed E-state index contributed by atoms with van der Waals surface area (Å²) in [5, 5.41) is 15.5. The molecule has 0 atom stereocenters. The third-order valence-corrected chi connectivity index (χ3v) is 7.74. The molecule has 0 bridgehead atoms. The van der Waals surface area contributed by atoms with Crippen LogP contribution in [0.5, 0.6) is 0 Å². The molecular formula is C38H32N10O. The van der Waals surface area contributed by atoms with Crippen LogP contribution in [0, 0.1) is 0 Å². The van der Waals surface area contributed by atoms with Crippen molar-refractivity contribution in [3.05, 3.63) is 157 Å². The van der Waals surface area contributed by atoms with Crippen LogP contribution in [0.2, 0.25) is 0 Å². The zero-order valence-electron chi connectivity index (χ0n) is 26.7. The molecular weight excluding hydrogens is 612 g/mol. The summed E-state index contributed by atoms with van der Waals surface area (Å²) in [7, 11) is 0. The monoisotopic (exact) mass is 644 g/mol. The summed E-state index contributed by atoms with van der Waals surface area (Å²) in [6.45, 7) is 2.80. The maximum absolute atomic E-state index is 11.9. The fourth-order valence-corrected chi connectivity index (χ4v) is 5.28. The Morgan fingerprint density at radius 2 is 1.18 bits per heavy atom. The predicted molar refractivity (Wildman–Crippen MR) is 190 cm³/mol. The largest absolute Gasteiger partial charge is 0.366 e. The van der Waals surface area contributed by atoms with Gasteiger partial charge in [0.2, 0.25) is 0 Å². The summed E-state index contributed by atoms with van der Waals surface area (Å²) >= 11 is 0. The molecule has 0 fully saturated rings. The van der Waals surface area contributed by atoms with Gasteiger partial charge in [-0.1, -0.05) is 72.8 Å². The Bertz CT molecular complexity index is 2310. The lowest BCUT2D eigenvalue weighted by atomic mass is 10.1. The minimum absolute atomic E-state index is 0.0593. The van der Waals surface area contributed by atoms with E-state index in [4.69, 9.17) is 0 Å². The fourth-order valence-electron chi connectivity index (χ4n) is 5.28. The van der Waals surface area contributed by atoms with Gasteiger partial charge in [-0.05, 0) is 30.2 Å². The van der Waals surface area contributed by atoms with Crippen LogP contribution in [0.25, 0.3) is 33.8 Å². The SMILES string of the molecule is CC(=O)c1cnn2c(NCc3cccnc3)cc(-c3ccccc3)nc12.c1ccc(-c2cc(NCc3cccnc3)n3nccc3n2)cc1. The van der Waals surface area contributed by atoms with E-state index in [0.717, 1.165) is 50.9 Å². The van der Waals surface area contributed by atoms with Crippen molar-refractivity contribution in [3.8, 4) is 22.5 Å². The summed E-state index contributed by atoms with van der Waals surface area (Å²) in [5.74, 6) is 1.61. The van der Waals surface area contributed by atoms with E-state index in [2.05, 4.69) is 52.9 Å². The average molecular weight is 645 g/mol. The minimum atomic E-state index is -0.0593. The molecule has 2 N–H and O–H groups in total. The molecule has 6 heterocycles. The van der Waals surface area contributed by atoms with E-state index in [9.17, 15) is 4.79 Å². The van der Waals surface area contributed by atoms with Gasteiger partial charge in [0.25, 0.3) is 0 Å². The van der Waals surface area contributed by atoms with Gasteiger partial charge in [-0.25, -0.2) is 9.97 Å². The van der Waals surface area contributed by atoms with Crippen molar-refractivity contribution >= 4 is 28.7 Å². The summed E-state index contributed by atoms with van der Waals surface area (Å²) in [4.78, 5) is 29.5. The average Bonchev–Trinajstić information content (AvgIpc) is 3.83. The number of carbonyl (C=O) groups is 1. The lowest BCUT2D eigenvalue weighted by Crippen LogP contribution is -2.07. The molecule has 49 heavy (non-hydrogen) atoms. The third-order valence-electron chi connectivity index (χ3n) is 7.74. The number of Topliss-reactive ketones (excluding diaryl/α,β-unsaturated/α-hetero) is 1. The first-order valence-corrected chi connectivity index (χ1v) is 15.7. The first-order chi connectivity index (χ1) is 24.1. The quantitative estimate of drug-likeness (QED) is 0.160. The number of fused-ring (bicyclic) bond motifs is 2. The lowest BCUT2D eigenvalue weighted by Gasteiger charge is -2.11. The molecule has 0 saturated carbocycles. The van der Waals surface area contributed by atoms with Crippen molar-refractivity contribution in [1.29, 1.82) is 0 Å². The van der Waals surface area contributed by atoms with Crippen LogP contribution < -0.4 is 10.6 Å². The molecule has 0 radical (unpaired) electrons. The number of rotatable bonds is 9. The van der Waals surface area contributed by atoms with Gasteiger partial charge in [0.15, 0.2) is 17.1 Å². The molecule has 11 heteroatoms. The van der Waals surface area contributed by atoms with Crippen molar-refractivity contribution in [2.75, 3.05) is 10.6 Å². The Hall–Kier alpha value is -6.75. The predicted octanol–water partition coefficient (Wildman–Crippen LogP) is 7.01. The molecule has 0 unspecified atom stereocenters.